The van der Waals surface area contributed by atoms with Crippen LogP contribution in [0.4, 0.5) is 8.78 Å². The molecule has 0 saturated heterocycles. The van der Waals surface area contributed by atoms with Gasteiger partial charge in [-0.05, 0) is 24.6 Å². The molecule has 0 aliphatic carbocycles. The molecule has 1 aromatic rings. The number of amides is 2. The third kappa shape index (κ3) is 6.84. The molecule has 0 unspecified atom stereocenters. The first kappa shape index (κ1) is 20.5. The highest BCUT2D eigenvalue weighted by Gasteiger charge is 2.24. The number of esters is 1. The molecule has 2 amide bonds. The fraction of sp³-hybridized carbons (Fsp3) is 0.438. The molecule has 0 aromatic heterocycles. The lowest BCUT2D eigenvalue weighted by atomic mass is 10.1. The number of carbonyl (C=O) groups is 3. The summed E-state index contributed by atoms with van der Waals surface area (Å²) >= 11 is 0. The van der Waals surface area contributed by atoms with Gasteiger partial charge < -0.3 is 20.1 Å². The van der Waals surface area contributed by atoms with E-state index in [0.29, 0.717) is 6.07 Å². The van der Waals surface area contributed by atoms with Gasteiger partial charge in [-0.15, -0.1) is 0 Å². The number of methoxy groups -OCH3 is 2. The SMILES string of the molecule is COC[C@H](NC(=O)[C@H](C)NC(=O)Cc1cc(F)cc(F)c1)C(=O)OC. The van der Waals surface area contributed by atoms with Gasteiger partial charge in [-0.2, -0.15) is 0 Å². The van der Waals surface area contributed by atoms with Crippen molar-refractivity contribution in [2.24, 2.45) is 0 Å². The van der Waals surface area contributed by atoms with Crippen molar-refractivity contribution in [3.63, 3.8) is 0 Å². The number of hydrogen-bond acceptors (Lipinski definition) is 5. The first-order valence-electron chi connectivity index (χ1n) is 7.38. The minimum absolute atomic E-state index is 0.0956. The van der Waals surface area contributed by atoms with Crippen LogP contribution in [0.15, 0.2) is 18.2 Å². The summed E-state index contributed by atoms with van der Waals surface area (Å²) in [5.74, 6) is -3.52. The van der Waals surface area contributed by atoms with Crippen molar-refractivity contribution >= 4 is 17.8 Å². The Morgan fingerprint density at radius 1 is 1.08 bits per heavy atom. The van der Waals surface area contributed by atoms with Gasteiger partial charge in [-0.3, -0.25) is 9.59 Å². The van der Waals surface area contributed by atoms with Crippen molar-refractivity contribution in [1.29, 1.82) is 0 Å². The Morgan fingerprint density at radius 3 is 2.20 bits per heavy atom. The van der Waals surface area contributed by atoms with E-state index >= 15 is 0 Å². The minimum Gasteiger partial charge on any atom is -0.467 e. The zero-order valence-electron chi connectivity index (χ0n) is 14.1. The van der Waals surface area contributed by atoms with Crippen molar-refractivity contribution < 1.29 is 32.6 Å². The summed E-state index contributed by atoms with van der Waals surface area (Å²) in [6.07, 6.45) is -0.301. The third-order valence-corrected chi connectivity index (χ3v) is 3.19. The van der Waals surface area contributed by atoms with Crippen molar-refractivity contribution in [1.82, 2.24) is 10.6 Å². The lowest BCUT2D eigenvalue weighted by molar-refractivity contribution is -0.146. The van der Waals surface area contributed by atoms with Gasteiger partial charge in [0.05, 0.1) is 20.1 Å². The Hall–Kier alpha value is -2.55. The summed E-state index contributed by atoms with van der Waals surface area (Å²) in [5, 5.41) is 4.77. The van der Waals surface area contributed by atoms with Gasteiger partial charge in [0.25, 0.3) is 0 Å². The largest absolute Gasteiger partial charge is 0.467 e. The molecule has 138 valence electrons. The summed E-state index contributed by atoms with van der Waals surface area (Å²) in [7, 11) is 2.52. The fourth-order valence-electron chi connectivity index (χ4n) is 2.03. The second kappa shape index (κ2) is 9.67. The summed E-state index contributed by atoms with van der Waals surface area (Å²) in [4.78, 5) is 35.4. The third-order valence-electron chi connectivity index (χ3n) is 3.19. The smallest absolute Gasteiger partial charge is 0.330 e. The molecular formula is C16H20F2N2O5. The molecule has 0 fully saturated rings. The second-order valence-corrected chi connectivity index (χ2v) is 5.28. The van der Waals surface area contributed by atoms with Crippen LogP contribution in [-0.2, 0) is 30.3 Å². The van der Waals surface area contributed by atoms with Crippen LogP contribution < -0.4 is 10.6 Å². The molecule has 0 bridgehead atoms. The number of ether oxygens (including phenoxy) is 2. The highest BCUT2D eigenvalue weighted by Crippen LogP contribution is 2.08. The number of hydrogen-bond donors (Lipinski definition) is 2. The van der Waals surface area contributed by atoms with Crippen molar-refractivity contribution in [2.45, 2.75) is 25.4 Å². The van der Waals surface area contributed by atoms with Gasteiger partial charge in [0.15, 0.2) is 6.04 Å². The van der Waals surface area contributed by atoms with Crippen LogP contribution in [-0.4, -0.2) is 50.7 Å². The van der Waals surface area contributed by atoms with Crippen molar-refractivity contribution in [2.75, 3.05) is 20.8 Å². The van der Waals surface area contributed by atoms with E-state index in [4.69, 9.17) is 4.74 Å². The Kier molecular flexibility index (Phi) is 7.93. The van der Waals surface area contributed by atoms with Crippen LogP contribution in [0.2, 0.25) is 0 Å². The van der Waals surface area contributed by atoms with Crippen LogP contribution in [0.1, 0.15) is 12.5 Å². The maximum Gasteiger partial charge on any atom is 0.330 e. The molecule has 0 heterocycles. The van der Waals surface area contributed by atoms with E-state index in [9.17, 15) is 23.2 Å². The number of rotatable bonds is 8. The minimum atomic E-state index is -1.01. The van der Waals surface area contributed by atoms with Crippen LogP contribution in [0.5, 0.6) is 0 Å². The first-order valence-corrected chi connectivity index (χ1v) is 7.38. The lowest BCUT2D eigenvalue weighted by Gasteiger charge is -2.19. The van der Waals surface area contributed by atoms with Crippen LogP contribution >= 0.6 is 0 Å². The van der Waals surface area contributed by atoms with E-state index in [2.05, 4.69) is 15.4 Å². The van der Waals surface area contributed by atoms with Crippen LogP contribution in [0, 0.1) is 11.6 Å². The van der Waals surface area contributed by atoms with Crippen LogP contribution in [0.3, 0.4) is 0 Å². The van der Waals surface area contributed by atoms with Gasteiger partial charge in [0, 0.05) is 13.2 Å². The van der Waals surface area contributed by atoms with Gasteiger partial charge >= 0.3 is 5.97 Å². The zero-order valence-corrected chi connectivity index (χ0v) is 14.1. The van der Waals surface area contributed by atoms with Gasteiger partial charge in [-0.25, -0.2) is 13.6 Å². The van der Waals surface area contributed by atoms with Gasteiger partial charge in [0.1, 0.15) is 17.7 Å². The Balaban J connectivity index is 2.61. The predicted molar refractivity (Wildman–Crippen MR) is 83.5 cm³/mol. The Bertz CT molecular complexity index is 619. The monoisotopic (exact) mass is 358 g/mol. The highest BCUT2D eigenvalue weighted by molar-refractivity contribution is 5.90. The summed E-state index contributed by atoms with van der Waals surface area (Å²) in [6, 6.07) is 0.757. The molecule has 0 aliphatic heterocycles. The van der Waals surface area contributed by atoms with E-state index in [-0.39, 0.29) is 18.6 Å². The molecule has 7 nitrogen and oxygen atoms in total. The molecule has 1 aromatic carbocycles. The van der Waals surface area contributed by atoms with E-state index < -0.39 is 41.5 Å². The predicted octanol–water partition coefficient (Wildman–Crippen LogP) is 0.316. The highest BCUT2D eigenvalue weighted by atomic mass is 19.1. The molecular weight excluding hydrogens is 338 g/mol. The maximum atomic E-state index is 13.1. The lowest BCUT2D eigenvalue weighted by Crippen LogP contribution is -2.52. The standard InChI is InChI=1S/C16H20F2N2O5/c1-9(15(22)20-13(8-24-2)16(23)25-3)19-14(21)6-10-4-11(17)7-12(18)5-10/h4-5,7,9,13H,6,8H2,1-3H3,(H,19,21)(H,20,22)/t9-,13-/m0/s1. The van der Waals surface area contributed by atoms with Gasteiger partial charge in [-0.1, -0.05) is 0 Å². The molecule has 0 spiro atoms. The first-order chi connectivity index (χ1) is 11.8. The number of carbonyl (C=O) groups excluding carboxylic acids is 3. The number of halogens is 2. The van der Waals surface area contributed by atoms with E-state index in [1.54, 1.807) is 0 Å². The molecule has 0 aliphatic rings. The quantitative estimate of drug-likeness (QED) is 0.653. The summed E-state index contributed by atoms with van der Waals surface area (Å²) in [6.45, 7) is 1.31. The summed E-state index contributed by atoms with van der Waals surface area (Å²) in [5.41, 5.74) is 0.134. The van der Waals surface area contributed by atoms with Crippen molar-refractivity contribution in [3.8, 4) is 0 Å². The molecule has 0 radical (unpaired) electrons. The number of benzene rings is 1. The van der Waals surface area contributed by atoms with Gasteiger partial charge in [0.2, 0.25) is 11.8 Å². The summed E-state index contributed by atoms with van der Waals surface area (Å²) < 4.78 is 35.6. The molecule has 9 heteroatoms. The number of nitrogens with one attached hydrogen (secondary N) is 2. The second-order valence-electron chi connectivity index (χ2n) is 5.28. The van der Waals surface area contributed by atoms with E-state index in [1.807, 2.05) is 0 Å². The molecule has 0 saturated carbocycles. The van der Waals surface area contributed by atoms with E-state index in [1.165, 1.54) is 21.1 Å². The normalized spacial score (nSPS) is 12.8. The maximum absolute atomic E-state index is 13.1. The fourth-order valence-corrected chi connectivity index (χ4v) is 2.03. The zero-order chi connectivity index (χ0) is 19.0. The van der Waals surface area contributed by atoms with Crippen molar-refractivity contribution in [3.05, 3.63) is 35.4 Å². The van der Waals surface area contributed by atoms with Crippen LogP contribution in [0.25, 0.3) is 0 Å². The topological polar surface area (TPSA) is 93.7 Å². The Morgan fingerprint density at radius 2 is 1.68 bits per heavy atom. The molecule has 2 N–H and O–H groups in total. The Labute approximate surface area is 143 Å². The molecule has 25 heavy (non-hydrogen) atoms. The molecule has 2 atom stereocenters. The average Bonchev–Trinajstić information content (AvgIpc) is 2.52. The molecule has 1 rings (SSSR count). The van der Waals surface area contributed by atoms with E-state index in [0.717, 1.165) is 12.1 Å². The average molecular weight is 358 g/mol.